The van der Waals surface area contributed by atoms with E-state index in [1.165, 1.54) is 24.0 Å². The molecule has 0 atom stereocenters. The summed E-state index contributed by atoms with van der Waals surface area (Å²) in [5.74, 6) is 0. The number of rotatable bonds is 8. The molecule has 0 saturated carbocycles. The van der Waals surface area contributed by atoms with Crippen molar-refractivity contribution in [3.8, 4) is 0 Å². The largest absolute Gasteiger partial charge is 1.00 e. The molecule has 0 aliphatic rings. The van der Waals surface area contributed by atoms with Crippen molar-refractivity contribution in [1.82, 2.24) is 0 Å². The molecule has 0 bridgehead atoms. The van der Waals surface area contributed by atoms with Crippen LogP contribution in [0.5, 0.6) is 0 Å². The lowest BCUT2D eigenvalue weighted by atomic mass is 10.0. The van der Waals surface area contributed by atoms with E-state index in [2.05, 4.69) is 94.6 Å². The van der Waals surface area contributed by atoms with Gasteiger partial charge in [0.15, 0.2) is 24.8 Å². The Morgan fingerprint density at radius 2 is 0.846 bits per heavy atom. The Morgan fingerprint density at radius 3 is 1.19 bits per heavy atom. The number of hydrogen-bond donors (Lipinski definition) is 0. The van der Waals surface area contributed by atoms with Crippen LogP contribution in [0.15, 0.2) is 85.5 Å². The number of nitrogens with zero attached hydrogens (tertiary/aromatic N) is 2. The van der Waals surface area contributed by atoms with E-state index in [1.54, 1.807) is 0 Å². The highest BCUT2D eigenvalue weighted by atomic mass is 79.9. The first-order valence-electron chi connectivity index (χ1n) is 8.86. The highest BCUT2D eigenvalue weighted by molar-refractivity contribution is 5.22. The maximum absolute atomic E-state index is 2.29. The zero-order valence-corrected chi connectivity index (χ0v) is 18.1. The summed E-state index contributed by atoms with van der Waals surface area (Å²) in [7, 11) is 0. The van der Waals surface area contributed by atoms with Gasteiger partial charge < -0.3 is 34.0 Å². The summed E-state index contributed by atoms with van der Waals surface area (Å²) in [5, 5.41) is 0. The second-order valence-corrected chi connectivity index (χ2v) is 6.25. The van der Waals surface area contributed by atoms with Crippen molar-refractivity contribution in [3.63, 3.8) is 0 Å². The van der Waals surface area contributed by atoms with Crippen molar-refractivity contribution in [2.75, 3.05) is 0 Å². The van der Waals surface area contributed by atoms with Crippen LogP contribution in [0.3, 0.4) is 0 Å². The van der Waals surface area contributed by atoms with Crippen molar-refractivity contribution in [3.05, 3.63) is 96.6 Å². The van der Waals surface area contributed by atoms with Crippen LogP contribution in [0.1, 0.15) is 24.0 Å². The molecule has 0 saturated heterocycles. The Morgan fingerprint density at radius 1 is 0.500 bits per heavy atom. The molecule has 3 aromatic rings. The van der Waals surface area contributed by atoms with E-state index in [-0.39, 0.29) is 34.0 Å². The fourth-order valence-corrected chi connectivity index (χ4v) is 2.97. The van der Waals surface area contributed by atoms with E-state index < -0.39 is 0 Å². The number of halogens is 2. The van der Waals surface area contributed by atoms with E-state index in [0.29, 0.717) is 0 Å². The summed E-state index contributed by atoms with van der Waals surface area (Å²) in [6.45, 7) is 2.16. The standard InChI is InChI=1S/C22H26N2.2BrH/c1-3-15-23(16-4-1)19-7-9-21-11-13-22(14-12-21)10-8-20-24-17-5-2-6-18-24;;/h1-6,11-18H,7-10,19-20H2;2*1H/q+2;;/p-2. The van der Waals surface area contributed by atoms with Gasteiger partial charge in [0.2, 0.25) is 0 Å². The average Bonchev–Trinajstić information content (AvgIpc) is 2.65. The molecule has 0 aliphatic carbocycles. The van der Waals surface area contributed by atoms with E-state index in [0.717, 1.165) is 25.9 Å². The molecule has 0 radical (unpaired) electrons. The van der Waals surface area contributed by atoms with Crippen LogP contribution < -0.4 is 43.1 Å². The Balaban J connectivity index is 0.00000169. The lowest BCUT2D eigenvalue weighted by molar-refractivity contribution is -0.697. The van der Waals surface area contributed by atoms with Crippen molar-refractivity contribution >= 4 is 0 Å². The summed E-state index contributed by atoms with van der Waals surface area (Å²) in [6, 6.07) is 21.6. The summed E-state index contributed by atoms with van der Waals surface area (Å²) in [5.41, 5.74) is 2.88. The molecule has 2 aromatic heterocycles. The van der Waals surface area contributed by atoms with Crippen molar-refractivity contribution in [1.29, 1.82) is 0 Å². The fraction of sp³-hybridized carbons (Fsp3) is 0.273. The number of pyridine rings is 2. The molecule has 138 valence electrons. The van der Waals surface area contributed by atoms with Crippen molar-refractivity contribution < 1.29 is 43.1 Å². The smallest absolute Gasteiger partial charge is 0.168 e. The Kier molecular flexibility index (Phi) is 11.1. The van der Waals surface area contributed by atoms with Crippen LogP contribution in [0.2, 0.25) is 0 Å². The zero-order chi connectivity index (χ0) is 16.5. The van der Waals surface area contributed by atoms with Gasteiger partial charge in [-0.25, -0.2) is 9.13 Å². The number of hydrogen-bond acceptors (Lipinski definition) is 0. The molecule has 0 spiro atoms. The van der Waals surface area contributed by atoms with Gasteiger partial charge in [0.1, 0.15) is 13.1 Å². The first-order valence-corrected chi connectivity index (χ1v) is 8.86. The van der Waals surface area contributed by atoms with Gasteiger partial charge in [-0.1, -0.05) is 36.4 Å². The molecular formula is C22H26Br2N2. The van der Waals surface area contributed by atoms with Gasteiger partial charge in [0.25, 0.3) is 0 Å². The Bertz CT molecular complexity index is 652. The first kappa shape index (κ1) is 22.5. The fourth-order valence-electron chi connectivity index (χ4n) is 2.97. The van der Waals surface area contributed by atoms with E-state index >= 15 is 0 Å². The monoisotopic (exact) mass is 476 g/mol. The zero-order valence-electron chi connectivity index (χ0n) is 15.0. The van der Waals surface area contributed by atoms with Crippen LogP contribution in [0.25, 0.3) is 0 Å². The van der Waals surface area contributed by atoms with Gasteiger partial charge >= 0.3 is 0 Å². The minimum atomic E-state index is 0. The normalized spacial score (nSPS) is 9.85. The predicted molar refractivity (Wildman–Crippen MR) is 96.4 cm³/mol. The average molecular weight is 478 g/mol. The summed E-state index contributed by atoms with van der Waals surface area (Å²) in [6.07, 6.45) is 13.2. The van der Waals surface area contributed by atoms with Crippen LogP contribution in [0.4, 0.5) is 0 Å². The predicted octanol–water partition coefficient (Wildman–Crippen LogP) is -2.46. The van der Waals surface area contributed by atoms with Gasteiger partial charge in [-0.05, 0) is 24.0 Å². The van der Waals surface area contributed by atoms with E-state index in [4.69, 9.17) is 0 Å². The SMILES string of the molecule is [Br-].[Br-].c1cc[n+](CCCc2ccc(CCC[n+]3ccccc3)cc2)cc1. The second kappa shape index (κ2) is 12.8. The molecule has 0 amide bonds. The van der Waals surface area contributed by atoms with Crippen LogP contribution in [0, 0.1) is 0 Å². The third kappa shape index (κ3) is 7.79. The molecule has 3 rings (SSSR count). The lowest BCUT2D eigenvalue weighted by Gasteiger charge is -2.03. The summed E-state index contributed by atoms with van der Waals surface area (Å²) >= 11 is 0. The van der Waals surface area contributed by atoms with Gasteiger partial charge in [-0.15, -0.1) is 0 Å². The molecule has 4 heteroatoms. The molecule has 1 aromatic carbocycles. The summed E-state index contributed by atoms with van der Waals surface area (Å²) in [4.78, 5) is 0. The first-order chi connectivity index (χ1) is 11.9. The molecule has 0 unspecified atom stereocenters. The van der Waals surface area contributed by atoms with Gasteiger partial charge in [-0.3, -0.25) is 0 Å². The Hall–Kier alpha value is -1.52. The maximum Gasteiger partial charge on any atom is 0.168 e. The topological polar surface area (TPSA) is 7.76 Å². The molecule has 26 heavy (non-hydrogen) atoms. The number of aromatic nitrogens is 2. The minimum Gasteiger partial charge on any atom is -1.00 e. The van der Waals surface area contributed by atoms with Crippen LogP contribution in [-0.2, 0) is 25.9 Å². The van der Waals surface area contributed by atoms with Crippen molar-refractivity contribution in [2.45, 2.75) is 38.8 Å². The molecule has 0 aliphatic heterocycles. The number of benzene rings is 1. The lowest BCUT2D eigenvalue weighted by Crippen LogP contribution is -3.00. The third-order valence-corrected chi connectivity index (χ3v) is 4.34. The van der Waals surface area contributed by atoms with Crippen LogP contribution >= 0.6 is 0 Å². The second-order valence-electron chi connectivity index (χ2n) is 6.25. The van der Waals surface area contributed by atoms with E-state index in [1.807, 2.05) is 0 Å². The molecule has 0 N–H and O–H groups in total. The van der Waals surface area contributed by atoms with Crippen molar-refractivity contribution in [2.24, 2.45) is 0 Å². The highest BCUT2D eigenvalue weighted by Crippen LogP contribution is 2.09. The molecular weight excluding hydrogens is 452 g/mol. The molecule has 2 heterocycles. The van der Waals surface area contributed by atoms with Crippen LogP contribution in [-0.4, -0.2) is 0 Å². The quantitative estimate of drug-likeness (QED) is 0.318. The summed E-state index contributed by atoms with van der Waals surface area (Å²) < 4.78 is 4.49. The van der Waals surface area contributed by atoms with Gasteiger partial charge in [0.05, 0.1) is 0 Å². The molecule has 0 fully saturated rings. The molecule has 2 nitrogen and oxygen atoms in total. The maximum atomic E-state index is 2.29. The number of aryl methyl sites for hydroxylation is 4. The van der Waals surface area contributed by atoms with Gasteiger partial charge in [-0.2, -0.15) is 0 Å². The highest BCUT2D eigenvalue weighted by Gasteiger charge is 2.02. The third-order valence-electron chi connectivity index (χ3n) is 4.34. The van der Waals surface area contributed by atoms with Gasteiger partial charge in [0, 0.05) is 37.1 Å². The van der Waals surface area contributed by atoms with E-state index in [9.17, 15) is 0 Å². The minimum absolute atomic E-state index is 0. The Labute approximate surface area is 178 Å².